The number of carbonyl (C=O) groups excluding carboxylic acids is 3. The molecule has 2 aromatic rings. The van der Waals surface area contributed by atoms with Gasteiger partial charge in [0.05, 0.1) is 18.9 Å². The summed E-state index contributed by atoms with van der Waals surface area (Å²) in [6.07, 6.45) is 1.35. The molecule has 0 aliphatic heterocycles. The standard InChI is InChI=1S/C17H14BrN3O4/c1-25-17(24)12-4-2-11(3-5-12)10-19-21-16(23)15(22)20-14-8-6-13(18)7-9-14/h2-10H,1H3,(H,20,22)(H,21,23). The minimum absolute atomic E-state index is 0.401. The van der Waals surface area contributed by atoms with Gasteiger partial charge in [0.15, 0.2) is 0 Å². The van der Waals surface area contributed by atoms with Gasteiger partial charge in [-0.25, -0.2) is 10.2 Å². The largest absolute Gasteiger partial charge is 0.465 e. The van der Waals surface area contributed by atoms with E-state index < -0.39 is 17.8 Å². The number of halogens is 1. The maximum atomic E-state index is 11.7. The van der Waals surface area contributed by atoms with Crippen LogP contribution in [0.5, 0.6) is 0 Å². The van der Waals surface area contributed by atoms with Crippen LogP contribution in [0.3, 0.4) is 0 Å². The molecule has 0 bridgehead atoms. The topological polar surface area (TPSA) is 96.9 Å². The molecule has 0 radical (unpaired) electrons. The molecule has 0 heterocycles. The number of benzene rings is 2. The minimum Gasteiger partial charge on any atom is -0.465 e. The van der Waals surface area contributed by atoms with Gasteiger partial charge in [-0.1, -0.05) is 28.1 Å². The number of anilines is 1. The van der Waals surface area contributed by atoms with Gasteiger partial charge < -0.3 is 10.1 Å². The number of amides is 2. The predicted molar refractivity (Wildman–Crippen MR) is 96.3 cm³/mol. The summed E-state index contributed by atoms with van der Waals surface area (Å²) in [5.74, 6) is -2.17. The number of methoxy groups -OCH3 is 1. The van der Waals surface area contributed by atoms with E-state index in [1.807, 2.05) is 0 Å². The molecule has 0 aliphatic carbocycles. The molecular formula is C17H14BrN3O4. The lowest BCUT2D eigenvalue weighted by Gasteiger charge is -2.03. The zero-order valence-corrected chi connectivity index (χ0v) is 14.7. The Morgan fingerprint density at radius 3 is 2.24 bits per heavy atom. The Labute approximate surface area is 152 Å². The van der Waals surface area contributed by atoms with E-state index in [-0.39, 0.29) is 0 Å². The van der Waals surface area contributed by atoms with Crippen LogP contribution in [0.1, 0.15) is 15.9 Å². The van der Waals surface area contributed by atoms with Crippen molar-refractivity contribution in [3.8, 4) is 0 Å². The van der Waals surface area contributed by atoms with E-state index in [4.69, 9.17) is 0 Å². The first-order valence-electron chi connectivity index (χ1n) is 7.08. The van der Waals surface area contributed by atoms with Crippen LogP contribution in [0.4, 0.5) is 5.69 Å². The fraction of sp³-hybridized carbons (Fsp3) is 0.0588. The van der Waals surface area contributed by atoms with Crippen molar-refractivity contribution in [2.75, 3.05) is 12.4 Å². The first-order valence-corrected chi connectivity index (χ1v) is 7.87. The van der Waals surface area contributed by atoms with Gasteiger partial charge in [0, 0.05) is 10.2 Å². The third-order valence-electron chi connectivity index (χ3n) is 3.02. The van der Waals surface area contributed by atoms with Crippen molar-refractivity contribution in [1.82, 2.24) is 5.43 Å². The van der Waals surface area contributed by atoms with Crippen LogP contribution in [-0.2, 0) is 14.3 Å². The lowest BCUT2D eigenvalue weighted by Crippen LogP contribution is -2.32. The second kappa shape index (κ2) is 8.74. The van der Waals surface area contributed by atoms with Crippen molar-refractivity contribution in [2.45, 2.75) is 0 Å². The van der Waals surface area contributed by atoms with Crippen molar-refractivity contribution in [1.29, 1.82) is 0 Å². The van der Waals surface area contributed by atoms with Gasteiger partial charge in [0.2, 0.25) is 0 Å². The molecule has 0 atom stereocenters. The molecule has 0 aromatic heterocycles. The maximum absolute atomic E-state index is 11.7. The molecule has 25 heavy (non-hydrogen) atoms. The molecule has 2 rings (SSSR count). The van der Waals surface area contributed by atoms with E-state index in [0.717, 1.165) is 4.47 Å². The number of nitrogens with zero attached hydrogens (tertiary/aromatic N) is 1. The van der Waals surface area contributed by atoms with Crippen LogP contribution >= 0.6 is 15.9 Å². The van der Waals surface area contributed by atoms with Crippen molar-refractivity contribution >= 4 is 45.6 Å². The minimum atomic E-state index is -0.898. The van der Waals surface area contributed by atoms with Crippen LogP contribution in [0.2, 0.25) is 0 Å². The first-order chi connectivity index (χ1) is 12.0. The lowest BCUT2D eigenvalue weighted by molar-refractivity contribution is -0.136. The second-order valence-electron chi connectivity index (χ2n) is 4.77. The van der Waals surface area contributed by atoms with E-state index in [0.29, 0.717) is 16.8 Å². The molecule has 0 saturated carbocycles. The van der Waals surface area contributed by atoms with Gasteiger partial charge in [-0.2, -0.15) is 5.10 Å². The molecule has 2 amide bonds. The summed E-state index contributed by atoms with van der Waals surface area (Å²) in [4.78, 5) is 34.7. The predicted octanol–water partition coefficient (Wildman–Crippen LogP) is 2.32. The Morgan fingerprint density at radius 2 is 1.64 bits per heavy atom. The molecular weight excluding hydrogens is 390 g/mol. The Morgan fingerprint density at radius 1 is 1.00 bits per heavy atom. The van der Waals surface area contributed by atoms with Gasteiger partial charge in [0.1, 0.15) is 0 Å². The Balaban J connectivity index is 1.88. The maximum Gasteiger partial charge on any atom is 0.337 e. The third-order valence-corrected chi connectivity index (χ3v) is 3.55. The first kappa shape index (κ1) is 18.3. The highest BCUT2D eigenvalue weighted by atomic mass is 79.9. The van der Waals surface area contributed by atoms with Gasteiger partial charge in [-0.15, -0.1) is 0 Å². The fourth-order valence-corrected chi connectivity index (χ4v) is 2.02. The van der Waals surface area contributed by atoms with Crippen LogP contribution in [0, 0.1) is 0 Å². The highest BCUT2D eigenvalue weighted by Gasteiger charge is 2.12. The van der Waals surface area contributed by atoms with Crippen LogP contribution in [0.25, 0.3) is 0 Å². The summed E-state index contributed by atoms with van der Waals surface area (Å²) in [5, 5.41) is 6.15. The summed E-state index contributed by atoms with van der Waals surface area (Å²) < 4.78 is 5.45. The van der Waals surface area contributed by atoms with Gasteiger partial charge in [-0.3, -0.25) is 9.59 Å². The number of hydrogen-bond acceptors (Lipinski definition) is 5. The molecule has 0 saturated heterocycles. The smallest absolute Gasteiger partial charge is 0.337 e. The summed E-state index contributed by atoms with van der Waals surface area (Å²) >= 11 is 3.28. The number of esters is 1. The zero-order valence-electron chi connectivity index (χ0n) is 13.2. The zero-order chi connectivity index (χ0) is 18.2. The average molecular weight is 404 g/mol. The second-order valence-corrected chi connectivity index (χ2v) is 5.69. The number of nitrogens with one attached hydrogen (secondary N) is 2. The highest BCUT2D eigenvalue weighted by molar-refractivity contribution is 9.10. The molecule has 0 spiro atoms. The molecule has 2 N–H and O–H groups in total. The number of rotatable bonds is 4. The highest BCUT2D eigenvalue weighted by Crippen LogP contribution is 2.13. The van der Waals surface area contributed by atoms with Crippen molar-refractivity contribution in [3.63, 3.8) is 0 Å². The Hall–Kier alpha value is -3.00. The number of carbonyl (C=O) groups is 3. The molecule has 128 valence electrons. The van der Waals surface area contributed by atoms with Crippen molar-refractivity contribution in [3.05, 3.63) is 64.1 Å². The fourth-order valence-electron chi connectivity index (χ4n) is 1.76. The van der Waals surface area contributed by atoms with Gasteiger partial charge in [0.25, 0.3) is 0 Å². The Kier molecular flexibility index (Phi) is 6.41. The number of hydrogen-bond donors (Lipinski definition) is 2. The molecule has 0 fully saturated rings. The molecule has 7 nitrogen and oxygen atoms in total. The molecule has 2 aromatic carbocycles. The van der Waals surface area contributed by atoms with Crippen LogP contribution in [0.15, 0.2) is 58.1 Å². The SMILES string of the molecule is COC(=O)c1ccc(C=NNC(=O)C(=O)Nc2ccc(Br)cc2)cc1. The Bertz CT molecular complexity index is 802. The van der Waals surface area contributed by atoms with Gasteiger partial charge >= 0.3 is 17.8 Å². The van der Waals surface area contributed by atoms with Crippen LogP contribution in [-0.4, -0.2) is 31.1 Å². The normalized spacial score (nSPS) is 10.3. The van der Waals surface area contributed by atoms with Gasteiger partial charge in [-0.05, 0) is 42.0 Å². The summed E-state index contributed by atoms with van der Waals surface area (Å²) in [6.45, 7) is 0. The number of hydrazone groups is 1. The van der Waals surface area contributed by atoms with E-state index in [1.54, 1.807) is 48.5 Å². The molecule has 8 heteroatoms. The number of ether oxygens (including phenoxy) is 1. The quantitative estimate of drug-likeness (QED) is 0.354. The van der Waals surface area contributed by atoms with E-state index in [9.17, 15) is 14.4 Å². The van der Waals surface area contributed by atoms with Crippen molar-refractivity contribution < 1.29 is 19.1 Å². The molecule has 0 aliphatic rings. The average Bonchev–Trinajstić information content (AvgIpc) is 2.63. The monoisotopic (exact) mass is 403 g/mol. The summed E-state index contributed by atoms with van der Waals surface area (Å²) in [6, 6.07) is 13.2. The third kappa shape index (κ3) is 5.54. The lowest BCUT2D eigenvalue weighted by atomic mass is 10.1. The van der Waals surface area contributed by atoms with E-state index >= 15 is 0 Å². The van der Waals surface area contributed by atoms with E-state index in [1.165, 1.54) is 13.3 Å². The van der Waals surface area contributed by atoms with E-state index in [2.05, 4.69) is 36.5 Å². The molecule has 0 unspecified atom stereocenters. The summed E-state index contributed by atoms with van der Waals surface area (Å²) in [7, 11) is 1.30. The van der Waals surface area contributed by atoms with Crippen molar-refractivity contribution in [2.24, 2.45) is 5.10 Å². The summed E-state index contributed by atoms with van der Waals surface area (Å²) in [5.41, 5.74) is 3.66. The van der Waals surface area contributed by atoms with Crippen LogP contribution < -0.4 is 10.7 Å².